The summed E-state index contributed by atoms with van der Waals surface area (Å²) in [5.74, 6) is -0.916. The predicted molar refractivity (Wildman–Crippen MR) is 171 cm³/mol. The number of aliphatic hydroxyl groups is 1. The highest BCUT2D eigenvalue weighted by Gasteiger charge is 2.24. The number of nitrogens with one attached hydrogen (secondary N) is 2. The lowest BCUT2D eigenvalue weighted by molar-refractivity contribution is -0.739. The van der Waals surface area contributed by atoms with E-state index in [1.54, 1.807) is 6.07 Å². The number of carbonyl (C=O) groups is 1. The van der Waals surface area contributed by atoms with Gasteiger partial charge in [0.2, 0.25) is 18.1 Å². The minimum absolute atomic E-state index is 0.0901. The quantitative estimate of drug-likeness (QED) is 0.144. The van der Waals surface area contributed by atoms with E-state index in [0.29, 0.717) is 18.2 Å². The van der Waals surface area contributed by atoms with Crippen molar-refractivity contribution in [3.63, 3.8) is 0 Å². The number of ether oxygens (including phenoxy) is 1. The normalized spacial score (nSPS) is 15.4. The van der Waals surface area contributed by atoms with Crippen molar-refractivity contribution in [2.45, 2.75) is 64.4 Å². The number of hydrogen-bond acceptors (Lipinski definition) is 9. The molecular formula is C32H40N7O6S+. The van der Waals surface area contributed by atoms with Crippen LogP contribution in [0.25, 0.3) is 11.3 Å². The summed E-state index contributed by atoms with van der Waals surface area (Å²) in [4.78, 5) is 20.1. The molecule has 2 aromatic carbocycles. The first-order chi connectivity index (χ1) is 21.9. The number of aromatic carboxylic acids is 1. The molecule has 2 atom stereocenters. The minimum Gasteiger partial charge on any atom is -0.478 e. The molecule has 4 aromatic rings. The predicted octanol–water partition coefficient (Wildman–Crippen LogP) is 2.61. The second-order valence-electron chi connectivity index (χ2n) is 11.9. The molecule has 0 saturated heterocycles. The van der Waals surface area contributed by atoms with Crippen LogP contribution < -0.4 is 20.1 Å². The number of quaternary nitrogens is 1. The number of nitrogens with two attached hydrogens (primary N) is 1. The van der Waals surface area contributed by atoms with Crippen molar-refractivity contribution in [2.75, 3.05) is 17.9 Å². The van der Waals surface area contributed by atoms with Gasteiger partial charge in [-0.25, -0.2) is 22.9 Å². The van der Waals surface area contributed by atoms with E-state index < -0.39 is 22.2 Å². The van der Waals surface area contributed by atoms with E-state index in [-0.39, 0.29) is 34.9 Å². The van der Waals surface area contributed by atoms with E-state index >= 15 is 0 Å². The van der Waals surface area contributed by atoms with Crippen molar-refractivity contribution >= 4 is 21.9 Å². The Balaban J connectivity index is 1.40. The van der Waals surface area contributed by atoms with Gasteiger partial charge >= 0.3 is 5.97 Å². The Morgan fingerprint density at radius 2 is 1.85 bits per heavy atom. The Kier molecular flexibility index (Phi) is 10.0. The van der Waals surface area contributed by atoms with Crippen LogP contribution in [0.5, 0.6) is 5.88 Å². The average molecular weight is 651 g/mol. The van der Waals surface area contributed by atoms with Crippen LogP contribution in [0.1, 0.15) is 59.4 Å². The summed E-state index contributed by atoms with van der Waals surface area (Å²) in [6.07, 6.45) is 0.166. The van der Waals surface area contributed by atoms with Gasteiger partial charge in [0.25, 0.3) is 10.0 Å². The lowest BCUT2D eigenvalue weighted by Crippen LogP contribution is -2.87. The van der Waals surface area contributed by atoms with Gasteiger partial charge in [0.05, 0.1) is 34.9 Å². The summed E-state index contributed by atoms with van der Waals surface area (Å²) in [5, 5.41) is 29.7. The molecule has 6 N–H and O–H groups in total. The number of carboxylic acid groups (broad SMARTS) is 1. The van der Waals surface area contributed by atoms with Gasteiger partial charge in [0, 0.05) is 24.2 Å². The van der Waals surface area contributed by atoms with Crippen LogP contribution in [0, 0.1) is 19.8 Å². The highest BCUT2D eigenvalue weighted by atomic mass is 32.2. The smallest absolute Gasteiger partial charge is 0.335 e. The molecule has 0 radical (unpaired) electrons. The number of rotatable bonds is 13. The zero-order valence-electron chi connectivity index (χ0n) is 26.3. The maximum atomic E-state index is 13.3. The van der Waals surface area contributed by atoms with Gasteiger partial charge in [0.15, 0.2) is 0 Å². The Morgan fingerprint density at radius 3 is 2.54 bits per heavy atom. The van der Waals surface area contributed by atoms with Crippen molar-refractivity contribution in [1.82, 2.24) is 25.1 Å². The molecule has 1 aliphatic heterocycles. The Hall–Kier alpha value is -4.37. The number of carboxylic acids is 1. The molecule has 14 heteroatoms. The number of aromatic nitrogens is 4. The molecule has 5 rings (SSSR count). The summed E-state index contributed by atoms with van der Waals surface area (Å²) in [5.41, 5.74) is 4.62. The van der Waals surface area contributed by atoms with E-state index in [2.05, 4.69) is 39.0 Å². The highest BCUT2D eigenvalue weighted by molar-refractivity contribution is 7.92. The second-order valence-corrected chi connectivity index (χ2v) is 13.6. The van der Waals surface area contributed by atoms with Gasteiger partial charge in [-0.1, -0.05) is 38.1 Å². The topological polar surface area (TPSA) is 185 Å². The van der Waals surface area contributed by atoms with Crippen LogP contribution in [0.3, 0.4) is 0 Å². The molecule has 0 bridgehead atoms. The van der Waals surface area contributed by atoms with Gasteiger partial charge in [-0.2, -0.15) is 10.1 Å². The standard InChI is InChI=1S/C32H39N7O6S/c1-19(2)13-24(34-17-23-15-27-30(40)33-11-12-39(27)37-23)18-45-28-16-26(29-20(3)7-5-8-21(29)4)35-32(36-28)38-46(43,44)25-10-6-9-22(14-25)31(41)42/h5-10,14-16,19,24,30,33-34,40H,11-13,17-18H2,1-4H3,(H,41,42)(H,35,36,38)/p+1/t24-,30?/m1/s1. The van der Waals surface area contributed by atoms with Crippen molar-refractivity contribution in [2.24, 2.45) is 5.92 Å². The summed E-state index contributed by atoms with van der Waals surface area (Å²) < 4.78 is 37.1. The number of anilines is 1. The summed E-state index contributed by atoms with van der Waals surface area (Å²) in [7, 11) is -4.23. The molecular weight excluding hydrogens is 610 g/mol. The second kappa shape index (κ2) is 14.0. The summed E-state index contributed by atoms with van der Waals surface area (Å²) >= 11 is 0. The molecule has 1 unspecified atom stereocenters. The number of benzene rings is 2. The van der Waals surface area contributed by atoms with Crippen LogP contribution in [-0.4, -0.2) is 63.5 Å². The number of hydrogen-bond donors (Lipinski definition) is 5. The first kappa shape index (κ1) is 33.0. The Morgan fingerprint density at radius 1 is 1.11 bits per heavy atom. The molecule has 0 saturated carbocycles. The lowest BCUT2D eigenvalue weighted by Gasteiger charge is -2.21. The van der Waals surface area contributed by atoms with Gasteiger partial charge in [-0.3, -0.25) is 4.68 Å². The number of aliphatic hydroxyl groups excluding tert-OH is 1. The van der Waals surface area contributed by atoms with Gasteiger partial charge < -0.3 is 25.6 Å². The fourth-order valence-electron chi connectivity index (χ4n) is 5.55. The molecule has 0 aliphatic carbocycles. The third-order valence-corrected chi connectivity index (χ3v) is 9.04. The molecule has 3 heterocycles. The van der Waals surface area contributed by atoms with Crippen LogP contribution >= 0.6 is 0 Å². The zero-order chi connectivity index (χ0) is 33.0. The number of sulfonamides is 1. The van der Waals surface area contributed by atoms with Crippen molar-refractivity contribution in [3.05, 3.63) is 82.7 Å². The first-order valence-electron chi connectivity index (χ1n) is 15.2. The molecule has 1 aliphatic rings. The van der Waals surface area contributed by atoms with E-state index in [0.717, 1.165) is 53.7 Å². The van der Waals surface area contributed by atoms with E-state index in [4.69, 9.17) is 4.74 Å². The molecule has 0 fully saturated rings. The molecule has 244 valence electrons. The lowest BCUT2D eigenvalue weighted by atomic mass is 10.00. The van der Waals surface area contributed by atoms with E-state index in [1.807, 2.05) is 48.1 Å². The third kappa shape index (κ3) is 7.88. The third-order valence-electron chi connectivity index (χ3n) is 7.71. The number of nitrogens with zero attached hydrogens (tertiary/aromatic N) is 4. The first-order valence-corrected chi connectivity index (χ1v) is 16.6. The maximum absolute atomic E-state index is 13.3. The average Bonchev–Trinajstić information content (AvgIpc) is 3.43. The molecule has 13 nitrogen and oxygen atoms in total. The molecule has 0 amide bonds. The van der Waals surface area contributed by atoms with E-state index in [1.165, 1.54) is 18.2 Å². The Labute approximate surface area is 268 Å². The minimum atomic E-state index is -4.23. The van der Waals surface area contributed by atoms with E-state index in [9.17, 15) is 23.4 Å². The largest absolute Gasteiger partial charge is 0.478 e. The van der Waals surface area contributed by atoms with Crippen LogP contribution in [0.15, 0.2) is 59.5 Å². The van der Waals surface area contributed by atoms with Crippen molar-refractivity contribution in [3.8, 4) is 17.1 Å². The van der Waals surface area contributed by atoms with Crippen molar-refractivity contribution < 1.29 is 33.5 Å². The fourth-order valence-corrected chi connectivity index (χ4v) is 6.54. The van der Waals surface area contributed by atoms with Crippen LogP contribution in [0.4, 0.5) is 5.95 Å². The molecule has 2 aromatic heterocycles. The maximum Gasteiger partial charge on any atom is 0.335 e. The molecule has 0 spiro atoms. The molecule has 46 heavy (non-hydrogen) atoms. The Bertz CT molecular complexity index is 1810. The zero-order valence-corrected chi connectivity index (χ0v) is 27.1. The van der Waals surface area contributed by atoms with Gasteiger partial charge in [0.1, 0.15) is 12.3 Å². The van der Waals surface area contributed by atoms with Crippen molar-refractivity contribution in [1.29, 1.82) is 0 Å². The fraction of sp³-hybridized carbons (Fsp3) is 0.375. The highest BCUT2D eigenvalue weighted by Crippen LogP contribution is 2.29. The summed E-state index contributed by atoms with van der Waals surface area (Å²) in [6, 6.07) is 14.4. The number of fused-ring (bicyclic) bond motifs is 1. The SMILES string of the molecule is Cc1cccc(C)c1-c1cc(OC[C@@H](CC(C)C)NCc2cc3n(n2)CC[NH2+]C3O)nc(NS(=O)(=O)c2cccc(C(=O)O)c2)n1. The van der Waals surface area contributed by atoms with Crippen LogP contribution in [-0.2, 0) is 23.1 Å². The van der Waals surface area contributed by atoms with Crippen LogP contribution in [0.2, 0.25) is 0 Å². The summed E-state index contributed by atoms with van der Waals surface area (Å²) in [6.45, 7) is 10.3. The van der Waals surface area contributed by atoms with Gasteiger partial charge in [-0.15, -0.1) is 0 Å². The number of aryl methyl sites for hydroxylation is 2. The monoisotopic (exact) mass is 650 g/mol. The van der Waals surface area contributed by atoms with Gasteiger partial charge in [-0.05, 0) is 61.6 Å².